The first-order chi connectivity index (χ1) is 15.1. The zero-order chi connectivity index (χ0) is 21.6. The lowest BCUT2D eigenvalue weighted by Gasteiger charge is -2.32. The van der Waals surface area contributed by atoms with Gasteiger partial charge in [0.05, 0.1) is 13.5 Å². The molecule has 0 saturated carbocycles. The van der Waals surface area contributed by atoms with Crippen LogP contribution in [0.15, 0.2) is 60.8 Å². The molecule has 0 bridgehead atoms. The van der Waals surface area contributed by atoms with Crippen LogP contribution in [0.1, 0.15) is 35.5 Å². The van der Waals surface area contributed by atoms with E-state index < -0.39 is 0 Å². The third-order valence-electron chi connectivity index (χ3n) is 6.25. The maximum absolute atomic E-state index is 12.8. The number of imidazole rings is 1. The minimum atomic E-state index is 0.202. The average Bonchev–Trinajstić information content (AvgIpc) is 3.14. The highest BCUT2D eigenvalue weighted by Crippen LogP contribution is 2.23. The largest absolute Gasteiger partial charge is 0.497 e. The van der Waals surface area contributed by atoms with Gasteiger partial charge in [0.1, 0.15) is 11.6 Å². The van der Waals surface area contributed by atoms with E-state index in [2.05, 4.69) is 41.8 Å². The van der Waals surface area contributed by atoms with Crippen molar-refractivity contribution in [1.82, 2.24) is 14.5 Å². The lowest BCUT2D eigenvalue weighted by Crippen LogP contribution is -2.39. The first-order valence-electron chi connectivity index (χ1n) is 11.1. The van der Waals surface area contributed by atoms with Crippen molar-refractivity contribution in [2.75, 3.05) is 20.2 Å². The van der Waals surface area contributed by atoms with Crippen molar-refractivity contribution in [2.45, 2.75) is 39.2 Å². The summed E-state index contributed by atoms with van der Waals surface area (Å²) in [6.07, 6.45) is 5.44. The highest BCUT2D eigenvalue weighted by Gasteiger charge is 2.24. The topological polar surface area (TPSA) is 47.4 Å². The third-order valence-corrected chi connectivity index (χ3v) is 6.25. The van der Waals surface area contributed by atoms with Crippen molar-refractivity contribution >= 4 is 5.91 Å². The van der Waals surface area contributed by atoms with E-state index in [4.69, 9.17) is 9.72 Å². The molecular weight excluding hydrogens is 386 g/mol. The molecule has 4 rings (SSSR count). The second kappa shape index (κ2) is 9.82. The number of rotatable bonds is 7. The highest BCUT2D eigenvalue weighted by atomic mass is 16.5. The molecule has 1 fully saturated rings. The Bertz CT molecular complexity index is 1000. The van der Waals surface area contributed by atoms with E-state index in [1.807, 2.05) is 35.4 Å². The van der Waals surface area contributed by atoms with Crippen LogP contribution in [0, 0.1) is 12.8 Å². The Labute approximate surface area is 184 Å². The van der Waals surface area contributed by atoms with E-state index in [0.29, 0.717) is 12.3 Å². The summed E-state index contributed by atoms with van der Waals surface area (Å²) in [6, 6.07) is 18.3. The summed E-state index contributed by atoms with van der Waals surface area (Å²) in [4.78, 5) is 19.5. The Balaban J connectivity index is 1.32. The van der Waals surface area contributed by atoms with Crippen molar-refractivity contribution in [1.29, 1.82) is 0 Å². The molecule has 5 heteroatoms. The maximum Gasteiger partial charge on any atom is 0.226 e. The van der Waals surface area contributed by atoms with Gasteiger partial charge < -0.3 is 14.2 Å². The molecule has 0 unspecified atom stereocenters. The van der Waals surface area contributed by atoms with Gasteiger partial charge in [-0.25, -0.2) is 4.98 Å². The normalized spacial score (nSPS) is 14.6. The fraction of sp³-hybridized carbons (Fsp3) is 0.385. The summed E-state index contributed by atoms with van der Waals surface area (Å²) in [5.41, 5.74) is 3.50. The minimum Gasteiger partial charge on any atom is -0.497 e. The molecule has 162 valence electrons. The first-order valence-corrected chi connectivity index (χ1v) is 11.1. The average molecular weight is 418 g/mol. The summed E-state index contributed by atoms with van der Waals surface area (Å²) >= 11 is 0. The van der Waals surface area contributed by atoms with Crippen LogP contribution < -0.4 is 4.74 Å². The molecule has 0 radical (unpaired) electrons. The SMILES string of the molecule is COc1cccc(CC(=O)N2CCC(Cc3ncc(C)n3Cc3ccccc3)CC2)c1. The smallest absolute Gasteiger partial charge is 0.226 e. The molecule has 2 aromatic carbocycles. The number of aromatic nitrogens is 2. The fourth-order valence-electron chi connectivity index (χ4n) is 4.37. The van der Waals surface area contributed by atoms with Gasteiger partial charge in [0.2, 0.25) is 5.91 Å². The van der Waals surface area contributed by atoms with Gasteiger partial charge in [0, 0.05) is 37.9 Å². The molecule has 0 spiro atoms. The van der Waals surface area contributed by atoms with E-state index in [-0.39, 0.29) is 5.91 Å². The zero-order valence-electron chi connectivity index (χ0n) is 18.5. The van der Waals surface area contributed by atoms with Crippen molar-refractivity contribution in [2.24, 2.45) is 5.92 Å². The summed E-state index contributed by atoms with van der Waals surface area (Å²) in [6.45, 7) is 4.64. The number of amides is 1. The Hall–Kier alpha value is -3.08. The number of carbonyl (C=O) groups excluding carboxylic acids is 1. The number of hydrogen-bond donors (Lipinski definition) is 0. The molecule has 0 N–H and O–H groups in total. The number of hydrogen-bond acceptors (Lipinski definition) is 3. The maximum atomic E-state index is 12.8. The standard InChI is InChI=1S/C26H31N3O2/c1-20-18-27-25(29(20)19-22-7-4-3-5-8-22)16-21-11-13-28(14-12-21)26(30)17-23-9-6-10-24(15-23)31-2/h3-10,15,18,21H,11-14,16-17,19H2,1-2H3. The number of aryl methyl sites for hydroxylation is 1. The lowest BCUT2D eigenvalue weighted by atomic mass is 9.92. The van der Waals surface area contributed by atoms with Gasteiger partial charge in [-0.1, -0.05) is 42.5 Å². The lowest BCUT2D eigenvalue weighted by molar-refractivity contribution is -0.131. The van der Waals surface area contributed by atoms with E-state index in [1.54, 1.807) is 7.11 Å². The van der Waals surface area contributed by atoms with E-state index in [1.165, 1.54) is 11.3 Å². The number of methoxy groups -OCH3 is 1. The molecule has 5 nitrogen and oxygen atoms in total. The van der Waals surface area contributed by atoms with Gasteiger partial charge in [-0.3, -0.25) is 4.79 Å². The van der Waals surface area contributed by atoms with Crippen molar-refractivity contribution < 1.29 is 9.53 Å². The van der Waals surface area contributed by atoms with Crippen LogP contribution in [0.25, 0.3) is 0 Å². The molecule has 0 atom stereocenters. The Morgan fingerprint density at radius 1 is 1.06 bits per heavy atom. The number of carbonyl (C=O) groups is 1. The highest BCUT2D eigenvalue weighted by molar-refractivity contribution is 5.79. The molecule has 1 aromatic heterocycles. The number of piperidine rings is 1. The monoisotopic (exact) mass is 417 g/mol. The molecule has 1 aliphatic rings. The van der Waals surface area contributed by atoms with Crippen molar-refractivity contribution in [3.63, 3.8) is 0 Å². The van der Waals surface area contributed by atoms with E-state index in [9.17, 15) is 4.79 Å². The predicted octanol–water partition coefficient (Wildman–Crippen LogP) is 4.27. The molecule has 31 heavy (non-hydrogen) atoms. The Morgan fingerprint density at radius 2 is 1.81 bits per heavy atom. The molecule has 2 heterocycles. The van der Waals surface area contributed by atoms with Crippen LogP contribution in [0.5, 0.6) is 5.75 Å². The van der Waals surface area contributed by atoms with Gasteiger partial charge in [-0.2, -0.15) is 0 Å². The minimum absolute atomic E-state index is 0.202. The summed E-state index contributed by atoms with van der Waals surface area (Å²) in [7, 11) is 1.65. The summed E-state index contributed by atoms with van der Waals surface area (Å²) < 4.78 is 7.60. The number of benzene rings is 2. The second-order valence-electron chi connectivity index (χ2n) is 8.44. The van der Waals surface area contributed by atoms with Gasteiger partial charge in [-0.15, -0.1) is 0 Å². The van der Waals surface area contributed by atoms with Crippen molar-refractivity contribution in [3.8, 4) is 5.75 Å². The molecule has 3 aromatic rings. The molecule has 1 aliphatic heterocycles. The Morgan fingerprint density at radius 3 is 2.55 bits per heavy atom. The van der Waals surface area contributed by atoms with E-state index in [0.717, 1.165) is 56.0 Å². The van der Waals surface area contributed by atoms with Crippen LogP contribution in [0.4, 0.5) is 0 Å². The van der Waals surface area contributed by atoms with Gasteiger partial charge in [0.15, 0.2) is 0 Å². The summed E-state index contributed by atoms with van der Waals surface area (Å²) in [5.74, 6) is 2.72. The summed E-state index contributed by atoms with van der Waals surface area (Å²) in [5, 5.41) is 0. The third kappa shape index (κ3) is 5.35. The van der Waals surface area contributed by atoms with Crippen LogP contribution in [0.3, 0.4) is 0 Å². The second-order valence-corrected chi connectivity index (χ2v) is 8.44. The fourth-order valence-corrected chi connectivity index (χ4v) is 4.37. The number of likely N-dealkylation sites (tertiary alicyclic amines) is 1. The van der Waals surface area contributed by atoms with Crippen LogP contribution in [-0.2, 0) is 24.2 Å². The van der Waals surface area contributed by atoms with Gasteiger partial charge >= 0.3 is 0 Å². The number of nitrogens with zero attached hydrogens (tertiary/aromatic N) is 3. The zero-order valence-corrected chi connectivity index (χ0v) is 18.5. The van der Waals surface area contributed by atoms with Crippen LogP contribution in [0.2, 0.25) is 0 Å². The van der Waals surface area contributed by atoms with E-state index >= 15 is 0 Å². The van der Waals surface area contributed by atoms with Crippen LogP contribution >= 0.6 is 0 Å². The molecule has 1 saturated heterocycles. The van der Waals surface area contributed by atoms with Gasteiger partial charge in [-0.05, 0) is 48.9 Å². The Kier molecular flexibility index (Phi) is 6.70. The van der Waals surface area contributed by atoms with Gasteiger partial charge in [0.25, 0.3) is 0 Å². The molecule has 0 aliphatic carbocycles. The van der Waals surface area contributed by atoms with Crippen LogP contribution in [-0.4, -0.2) is 40.6 Å². The number of ether oxygens (including phenoxy) is 1. The quantitative estimate of drug-likeness (QED) is 0.577. The first kappa shape index (κ1) is 21.2. The molecule has 1 amide bonds. The predicted molar refractivity (Wildman–Crippen MR) is 122 cm³/mol. The molecular formula is C26H31N3O2. The van der Waals surface area contributed by atoms with Crippen molar-refractivity contribution in [3.05, 3.63) is 83.4 Å².